The summed E-state index contributed by atoms with van der Waals surface area (Å²) >= 11 is 1.11. The first kappa shape index (κ1) is 19.0. The molecule has 0 aliphatic carbocycles. The molecule has 3 aromatic rings. The van der Waals surface area contributed by atoms with Crippen molar-refractivity contribution in [1.29, 1.82) is 0 Å². The van der Waals surface area contributed by atoms with Gasteiger partial charge in [-0.15, -0.1) is 10.2 Å². The lowest BCUT2D eigenvalue weighted by Crippen LogP contribution is -2.24. The number of anilines is 1. The number of hydrogen-bond donors (Lipinski definition) is 1. The summed E-state index contributed by atoms with van der Waals surface area (Å²) in [4.78, 5) is 12.4. The van der Waals surface area contributed by atoms with E-state index < -0.39 is 22.9 Å². The number of carbonyl (C=O) groups excluding carboxylic acids is 1. The van der Waals surface area contributed by atoms with Crippen LogP contribution in [0.1, 0.15) is 12.5 Å². The third kappa shape index (κ3) is 4.48. The Balaban J connectivity index is 1.75. The molecule has 0 saturated carbocycles. The highest BCUT2D eigenvalue weighted by molar-refractivity contribution is 8.00. The molecule has 0 spiro atoms. The highest BCUT2D eigenvalue weighted by atomic mass is 32.2. The molecule has 0 radical (unpaired) electrons. The quantitative estimate of drug-likeness (QED) is 0.654. The molecule has 5 nitrogen and oxygen atoms in total. The van der Waals surface area contributed by atoms with Gasteiger partial charge in [-0.25, -0.2) is 0 Å². The lowest BCUT2D eigenvalue weighted by atomic mass is 10.1. The molecule has 1 heterocycles. The summed E-state index contributed by atoms with van der Waals surface area (Å²) in [7, 11) is 0. The van der Waals surface area contributed by atoms with Crippen molar-refractivity contribution in [2.24, 2.45) is 0 Å². The fourth-order valence-corrected chi connectivity index (χ4v) is 3.20. The number of alkyl halides is 3. The van der Waals surface area contributed by atoms with E-state index in [4.69, 9.17) is 0 Å². The monoisotopic (exact) mass is 392 g/mol. The van der Waals surface area contributed by atoms with E-state index >= 15 is 0 Å². The molecule has 0 saturated heterocycles. The van der Waals surface area contributed by atoms with Gasteiger partial charge in [0.05, 0.1) is 16.5 Å². The van der Waals surface area contributed by atoms with E-state index in [0.29, 0.717) is 5.16 Å². The normalized spacial score (nSPS) is 12.6. The van der Waals surface area contributed by atoms with Crippen LogP contribution in [0.2, 0.25) is 0 Å². The molecule has 2 aromatic carbocycles. The lowest BCUT2D eigenvalue weighted by Gasteiger charge is -2.16. The number of amides is 1. The Bertz CT molecular complexity index is 928. The van der Waals surface area contributed by atoms with Gasteiger partial charge in [0.15, 0.2) is 5.16 Å². The largest absolute Gasteiger partial charge is 0.418 e. The summed E-state index contributed by atoms with van der Waals surface area (Å²) in [5.74, 6) is -0.556. The standard InChI is InChI=1S/C18H15F3N4OS/c1-12(16(26)23-15-10-6-5-9-14(15)18(19,20)21)27-17-24-22-11-25(17)13-7-3-2-4-8-13/h2-12H,1H3,(H,23,26). The van der Waals surface area contributed by atoms with Crippen molar-refractivity contribution >= 4 is 23.4 Å². The molecule has 1 unspecified atom stereocenters. The Morgan fingerprint density at radius 1 is 1.11 bits per heavy atom. The van der Waals surface area contributed by atoms with E-state index in [2.05, 4.69) is 15.5 Å². The van der Waals surface area contributed by atoms with Gasteiger partial charge in [0.2, 0.25) is 5.91 Å². The van der Waals surface area contributed by atoms with Gasteiger partial charge in [0.25, 0.3) is 0 Å². The van der Waals surface area contributed by atoms with Crippen LogP contribution in [0.4, 0.5) is 18.9 Å². The first-order valence-corrected chi connectivity index (χ1v) is 8.83. The van der Waals surface area contributed by atoms with Crippen LogP contribution in [0.25, 0.3) is 5.69 Å². The van der Waals surface area contributed by atoms with E-state index in [-0.39, 0.29) is 5.69 Å². The molecular weight excluding hydrogens is 377 g/mol. The summed E-state index contributed by atoms with van der Waals surface area (Å²) in [5.41, 5.74) is -0.338. The Morgan fingerprint density at radius 2 is 1.78 bits per heavy atom. The minimum Gasteiger partial charge on any atom is -0.325 e. The van der Waals surface area contributed by atoms with E-state index in [0.717, 1.165) is 23.5 Å². The average molecular weight is 392 g/mol. The van der Waals surface area contributed by atoms with Crippen LogP contribution < -0.4 is 5.32 Å². The number of carbonyl (C=O) groups is 1. The molecule has 140 valence electrons. The predicted molar refractivity (Wildman–Crippen MR) is 96.8 cm³/mol. The van der Waals surface area contributed by atoms with Gasteiger partial charge in [0, 0.05) is 5.69 Å². The SMILES string of the molecule is CC(Sc1nncn1-c1ccccc1)C(=O)Nc1ccccc1C(F)(F)F. The summed E-state index contributed by atoms with van der Waals surface area (Å²) in [6.07, 6.45) is -3.03. The highest BCUT2D eigenvalue weighted by Gasteiger charge is 2.34. The van der Waals surface area contributed by atoms with Crippen molar-refractivity contribution < 1.29 is 18.0 Å². The van der Waals surface area contributed by atoms with Crippen LogP contribution in [-0.2, 0) is 11.0 Å². The zero-order chi connectivity index (χ0) is 19.4. The highest BCUT2D eigenvalue weighted by Crippen LogP contribution is 2.35. The topological polar surface area (TPSA) is 59.8 Å². The second-order valence-electron chi connectivity index (χ2n) is 5.61. The maximum Gasteiger partial charge on any atom is 0.418 e. The molecule has 3 rings (SSSR count). The van der Waals surface area contributed by atoms with Crippen LogP contribution in [0.3, 0.4) is 0 Å². The molecule has 0 fully saturated rings. The summed E-state index contributed by atoms with van der Waals surface area (Å²) < 4.78 is 40.9. The van der Waals surface area contributed by atoms with Crippen LogP contribution in [-0.4, -0.2) is 25.9 Å². The maximum absolute atomic E-state index is 13.1. The van der Waals surface area contributed by atoms with Gasteiger partial charge in [-0.1, -0.05) is 42.1 Å². The average Bonchev–Trinajstić information content (AvgIpc) is 3.10. The van der Waals surface area contributed by atoms with Crippen LogP contribution in [0.5, 0.6) is 0 Å². The van der Waals surface area contributed by atoms with Crippen molar-refractivity contribution in [3.8, 4) is 5.69 Å². The molecule has 27 heavy (non-hydrogen) atoms. The molecule has 0 aliphatic rings. The van der Waals surface area contributed by atoms with Gasteiger partial charge in [-0.3, -0.25) is 9.36 Å². The summed E-state index contributed by atoms with van der Waals surface area (Å²) in [6.45, 7) is 1.60. The molecule has 0 aliphatic heterocycles. The first-order chi connectivity index (χ1) is 12.9. The number of nitrogens with zero attached hydrogens (tertiary/aromatic N) is 3. The molecule has 1 aromatic heterocycles. The second kappa shape index (κ2) is 7.83. The lowest BCUT2D eigenvalue weighted by molar-refractivity contribution is -0.137. The first-order valence-electron chi connectivity index (χ1n) is 7.95. The van der Waals surface area contributed by atoms with Crippen LogP contribution >= 0.6 is 11.8 Å². The van der Waals surface area contributed by atoms with Gasteiger partial charge in [-0.2, -0.15) is 13.2 Å². The van der Waals surface area contributed by atoms with Gasteiger partial charge < -0.3 is 5.32 Å². The molecule has 9 heteroatoms. The number of aromatic nitrogens is 3. The number of para-hydroxylation sites is 2. The number of nitrogens with one attached hydrogen (secondary N) is 1. The fraction of sp³-hybridized carbons (Fsp3) is 0.167. The number of hydrogen-bond acceptors (Lipinski definition) is 4. The van der Waals surface area contributed by atoms with E-state index in [1.165, 1.54) is 24.5 Å². The minimum atomic E-state index is -4.55. The van der Waals surface area contributed by atoms with E-state index in [1.807, 2.05) is 30.3 Å². The smallest absolute Gasteiger partial charge is 0.325 e. The molecular formula is C18H15F3N4OS. The van der Waals surface area contributed by atoms with Crippen molar-refractivity contribution in [2.75, 3.05) is 5.32 Å². The Morgan fingerprint density at radius 3 is 2.48 bits per heavy atom. The molecule has 1 N–H and O–H groups in total. The van der Waals surface area contributed by atoms with Crippen molar-refractivity contribution in [1.82, 2.24) is 14.8 Å². The van der Waals surface area contributed by atoms with Crippen molar-refractivity contribution in [3.05, 3.63) is 66.5 Å². The second-order valence-corrected chi connectivity index (χ2v) is 6.92. The van der Waals surface area contributed by atoms with Crippen LogP contribution in [0.15, 0.2) is 66.1 Å². The molecule has 1 amide bonds. The third-order valence-electron chi connectivity index (χ3n) is 3.69. The number of rotatable bonds is 5. The summed E-state index contributed by atoms with van der Waals surface area (Å²) in [5, 5.41) is 9.98. The van der Waals surface area contributed by atoms with Gasteiger partial charge in [0.1, 0.15) is 6.33 Å². The van der Waals surface area contributed by atoms with E-state index in [9.17, 15) is 18.0 Å². The Kier molecular flexibility index (Phi) is 5.50. The minimum absolute atomic E-state index is 0.271. The van der Waals surface area contributed by atoms with Gasteiger partial charge >= 0.3 is 6.18 Å². The maximum atomic E-state index is 13.1. The zero-order valence-corrected chi connectivity index (χ0v) is 15.0. The van der Waals surface area contributed by atoms with Crippen molar-refractivity contribution in [3.63, 3.8) is 0 Å². The molecule has 1 atom stereocenters. The Hall–Kier alpha value is -2.81. The van der Waals surface area contributed by atoms with Crippen LogP contribution in [0, 0.1) is 0 Å². The van der Waals surface area contributed by atoms with Gasteiger partial charge in [-0.05, 0) is 31.2 Å². The molecule has 0 bridgehead atoms. The zero-order valence-electron chi connectivity index (χ0n) is 14.1. The number of thioether (sulfide) groups is 1. The fourth-order valence-electron chi connectivity index (χ4n) is 2.36. The Labute approximate surface area is 157 Å². The number of halogens is 3. The third-order valence-corrected chi connectivity index (χ3v) is 4.75. The van der Waals surface area contributed by atoms with E-state index in [1.54, 1.807) is 11.5 Å². The predicted octanol–water partition coefficient (Wildman–Crippen LogP) is 4.41. The summed E-state index contributed by atoms with van der Waals surface area (Å²) in [6, 6.07) is 14.2. The van der Waals surface area contributed by atoms with Crippen molar-refractivity contribution in [2.45, 2.75) is 23.5 Å². The number of benzene rings is 2.